The second-order valence-electron chi connectivity index (χ2n) is 4.22. The first-order valence-electron chi connectivity index (χ1n) is 4.87. The molecule has 1 saturated carbocycles. The summed E-state index contributed by atoms with van der Waals surface area (Å²) in [5, 5.41) is 21.6. The van der Waals surface area contributed by atoms with Crippen LogP contribution in [0.2, 0.25) is 0 Å². The summed E-state index contributed by atoms with van der Waals surface area (Å²) >= 11 is 0. The molecule has 0 aliphatic heterocycles. The van der Waals surface area contributed by atoms with Crippen LogP contribution in [0, 0.1) is 23.7 Å². The lowest BCUT2D eigenvalue weighted by Gasteiger charge is -2.41. The van der Waals surface area contributed by atoms with E-state index < -0.39 is 23.8 Å². The minimum absolute atomic E-state index is 0.140. The Bertz CT molecular complexity index is 223. The van der Waals surface area contributed by atoms with Crippen LogP contribution in [0.5, 0.6) is 0 Å². The quantitative estimate of drug-likeness (QED) is 0.557. The zero-order valence-corrected chi connectivity index (χ0v) is 8.36. The molecule has 0 radical (unpaired) electrons. The molecule has 4 heteroatoms. The fourth-order valence-corrected chi connectivity index (χ4v) is 2.35. The predicted octanol–water partition coefficient (Wildman–Crippen LogP) is -1.22. The lowest BCUT2D eigenvalue weighted by atomic mass is 9.68. The number of rotatable bonds is 2. The van der Waals surface area contributed by atoms with Crippen molar-refractivity contribution in [1.82, 2.24) is 0 Å². The largest absolute Gasteiger partial charge is 0.550 e. The van der Waals surface area contributed by atoms with E-state index >= 15 is 0 Å². The molecule has 0 heterocycles. The number of hydrogen-bond donors (Lipinski definition) is 0. The summed E-state index contributed by atoms with van der Waals surface area (Å²) in [5.41, 5.74) is 0. The number of hydrogen-bond acceptors (Lipinski definition) is 4. The molecule has 0 N–H and O–H groups in total. The van der Waals surface area contributed by atoms with Crippen molar-refractivity contribution in [1.29, 1.82) is 0 Å². The van der Waals surface area contributed by atoms with Gasteiger partial charge >= 0.3 is 0 Å². The highest BCUT2D eigenvalue weighted by molar-refractivity contribution is 5.78. The van der Waals surface area contributed by atoms with E-state index in [0.29, 0.717) is 0 Å². The summed E-state index contributed by atoms with van der Waals surface area (Å²) in [6.45, 7) is 3.50. The molecule has 1 aliphatic carbocycles. The third-order valence-electron chi connectivity index (χ3n) is 3.23. The normalized spacial score (nSPS) is 37.9. The Labute approximate surface area is 82.9 Å². The van der Waals surface area contributed by atoms with Gasteiger partial charge in [0.05, 0.1) is 0 Å². The van der Waals surface area contributed by atoms with Gasteiger partial charge in [-0.05, 0) is 24.7 Å². The number of aliphatic carboxylic acids is 2. The molecule has 0 amide bonds. The maximum Gasteiger partial charge on any atom is 0.0454 e. The van der Waals surface area contributed by atoms with E-state index in [2.05, 4.69) is 0 Å². The molecule has 0 saturated heterocycles. The van der Waals surface area contributed by atoms with Crippen LogP contribution >= 0.6 is 0 Å². The van der Waals surface area contributed by atoms with Crippen molar-refractivity contribution in [2.24, 2.45) is 23.7 Å². The molecule has 1 rings (SSSR count). The van der Waals surface area contributed by atoms with Crippen LogP contribution in [0.3, 0.4) is 0 Å². The number of carboxylic acids is 2. The van der Waals surface area contributed by atoms with E-state index in [1.54, 1.807) is 13.8 Å². The van der Waals surface area contributed by atoms with Crippen molar-refractivity contribution in [3.63, 3.8) is 0 Å². The summed E-state index contributed by atoms with van der Waals surface area (Å²) in [6.07, 6.45) is 1.48. The van der Waals surface area contributed by atoms with Crippen LogP contribution in [0.4, 0.5) is 0 Å². The average Bonchev–Trinajstić information content (AvgIpc) is 2.07. The lowest BCUT2D eigenvalue weighted by Crippen LogP contribution is -2.51. The molecule has 4 atom stereocenters. The van der Waals surface area contributed by atoms with Gasteiger partial charge in [0.1, 0.15) is 0 Å². The summed E-state index contributed by atoms with van der Waals surface area (Å²) in [5.74, 6) is -4.61. The smallest absolute Gasteiger partial charge is 0.0454 e. The van der Waals surface area contributed by atoms with Crippen molar-refractivity contribution in [2.45, 2.75) is 26.7 Å². The van der Waals surface area contributed by atoms with Gasteiger partial charge in [-0.15, -0.1) is 0 Å². The third kappa shape index (κ3) is 1.89. The van der Waals surface area contributed by atoms with Crippen molar-refractivity contribution in [3.8, 4) is 0 Å². The Hall–Kier alpha value is -1.06. The van der Waals surface area contributed by atoms with Crippen LogP contribution in [-0.4, -0.2) is 11.9 Å². The highest BCUT2D eigenvalue weighted by Gasteiger charge is 2.36. The second kappa shape index (κ2) is 3.98. The third-order valence-corrected chi connectivity index (χ3v) is 3.23. The number of carbonyl (C=O) groups excluding carboxylic acids is 2. The topological polar surface area (TPSA) is 80.3 Å². The first-order valence-corrected chi connectivity index (χ1v) is 4.87. The summed E-state index contributed by atoms with van der Waals surface area (Å²) in [4.78, 5) is 21.6. The molecule has 0 aromatic carbocycles. The van der Waals surface area contributed by atoms with Gasteiger partial charge in [0, 0.05) is 23.8 Å². The second-order valence-corrected chi connectivity index (χ2v) is 4.22. The Morgan fingerprint density at radius 1 is 0.929 bits per heavy atom. The van der Waals surface area contributed by atoms with Crippen LogP contribution in [0.25, 0.3) is 0 Å². The molecular weight excluding hydrogens is 184 g/mol. The van der Waals surface area contributed by atoms with Crippen molar-refractivity contribution in [3.05, 3.63) is 0 Å². The van der Waals surface area contributed by atoms with Crippen molar-refractivity contribution >= 4 is 11.9 Å². The van der Waals surface area contributed by atoms with E-state index in [0.717, 1.165) is 12.8 Å². The van der Waals surface area contributed by atoms with Crippen LogP contribution in [0.1, 0.15) is 26.7 Å². The highest BCUT2D eigenvalue weighted by atomic mass is 16.4. The molecule has 4 nitrogen and oxygen atoms in total. The Morgan fingerprint density at radius 2 is 1.21 bits per heavy atom. The Kier molecular flexibility index (Phi) is 3.13. The highest BCUT2D eigenvalue weighted by Crippen LogP contribution is 2.37. The average molecular weight is 198 g/mol. The SMILES string of the molecule is CC1CCC(C)C(C(=O)[O-])C1C(=O)[O-]. The predicted molar refractivity (Wildman–Crippen MR) is 44.6 cm³/mol. The maximum absolute atomic E-state index is 10.8. The number of carbonyl (C=O) groups is 2. The van der Waals surface area contributed by atoms with Gasteiger partial charge in [0.15, 0.2) is 0 Å². The van der Waals surface area contributed by atoms with Gasteiger partial charge < -0.3 is 19.8 Å². The molecule has 0 bridgehead atoms. The molecule has 1 aliphatic rings. The first kappa shape index (κ1) is 11.0. The van der Waals surface area contributed by atoms with Gasteiger partial charge in [-0.1, -0.05) is 13.8 Å². The van der Waals surface area contributed by atoms with Crippen molar-refractivity contribution in [2.75, 3.05) is 0 Å². The zero-order valence-electron chi connectivity index (χ0n) is 8.36. The van der Waals surface area contributed by atoms with Crippen LogP contribution in [-0.2, 0) is 9.59 Å². The van der Waals surface area contributed by atoms with Crippen LogP contribution < -0.4 is 10.2 Å². The fourth-order valence-electron chi connectivity index (χ4n) is 2.35. The van der Waals surface area contributed by atoms with Crippen LogP contribution in [0.15, 0.2) is 0 Å². The molecule has 80 valence electrons. The molecule has 0 aromatic heterocycles. The van der Waals surface area contributed by atoms with Gasteiger partial charge in [0.25, 0.3) is 0 Å². The fraction of sp³-hybridized carbons (Fsp3) is 0.800. The van der Waals surface area contributed by atoms with E-state index in [4.69, 9.17) is 0 Å². The monoisotopic (exact) mass is 198 g/mol. The molecule has 0 aromatic rings. The summed E-state index contributed by atoms with van der Waals surface area (Å²) < 4.78 is 0. The summed E-state index contributed by atoms with van der Waals surface area (Å²) in [7, 11) is 0. The molecule has 4 unspecified atom stereocenters. The van der Waals surface area contributed by atoms with Gasteiger partial charge in [0.2, 0.25) is 0 Å². The van der Waals surface area contributed by atoms with E-state index in [-0.39, 0.29) is 11.8 Å². The molecular formula is C10H14O4-2. The van der Waals surface area contributed by atoms with Crippen molar-refractivity contribution < 1.29 is 19.8 Å². The minimum atomic E-state index is -1.27. The maximum atomic E-state index is 10.8. The van der Waals surface area contributed by atoms with E-state index in [1.165, 1.54) is 0 Å². The zero-order chi connectivity index (χ0) is 10.9. The number of carboxylic acid groups (broad SMARTS) is 2. The van der Waals surface area contributed by atoms with Gasteiger partial charge in [-0.25, -0.2) is 0 Å². The molecule has 0 spiro atoms. The Morgan fingerprint density at radius 3 is 1.43 bits per heavy atom. The first-order chi connectivity index (χ1) is 6.45. The minimum Gasteiger partial charge on any atom is -0.550 e. The van der Waals surface area contributed by atoms with Gasteiger partial charge in [-0.3, -0.25) is 0 Å². The molecule has 1 fully saturated rings. The summed E-state index contributed by atoms with van der Waals surface area (Å²) in [6, 6.07) is 0. The standard InChI is InChI=1S/C10H16O4/c1-5-3-4-6(2)8(10(13)14)7(5)9(11)12/h5-8H,3-4H2,1-2H3,(H,11,12)(H,13,14)/p-2. The lowest BCUT2D eigenvalue weighted by molar-refractivity contribution is -0.332. The van der Waals surface area contributed by atoms with Gasteiger partial charge in [-0.2, -0.15) is 0 Å². The van der Waals surface area contributed by atoms with E-state index in [9.17, 15) is 19.8 Å². The van der Waals surface area contributed by atoms with E-state index in [1.807, 2.05) is 0 Å². The molecule has 14 heavy (non-hydrogen) atoms. The Balaban J connectivity index is 2.92.